The molecule has 0 aromatic heterocycles. The molecule has 130 valence electrons. The molecule has 0 saturated heterocycles. The van der Waals surface area contributed by atoms with E-state index in [9.17, 15) is 0 Å². The Hall–Kier alpha value is -3.13. The molecule has 0 fully saturated rings. The lowest BCUT2D eigenvalue weighted by molar-refractivity contribution is 0.879. The Labute approximate surface area is 156 Å². The number of nitrogens with zero attached hydrogens (tertiary/aromatic N) is 2. The van der Waals surface area contributed by atoms with Gasteiger partial charge in [-0.2, -0.15) is 0 Å². The van der Waals surface area contributed by atoms with Crippen molar-refractivity contribution in [1.29, 1.82) is 0 Å². The molecule has 0 atom stereocenters. The van der Waals surface area contributed by atoms with Crippen molar-refractivity contribution < 1.29 is 0 Å². The molecule has 0 aliphatic rings. The van der Waals surface area contributed by atoms with Gasteiger partial charge in [-0.25, -0.2) is 0 Å². The lowest BCUT2D eigenvalue weighted by Gasteiger charge is -2.13. The van der Waals surface area contributed by atoms with Crippen molar-refractivity contribution >= 4 is 18.0 Å². The van der Waals surface area contributed by atoms with Crippen molar-refractivity contribution in [1.82, 2.24) is 0 Å². The van der Waals surface area contributed by atoms with Gasteiger partial charge in [0.05, 0.1) is 6.04 Å². The first kappa shape index (κ1) is 17.7. The number of allylic oxidation sites excluding steroid dienone is 1. The van der Waals surface area contributed by atoms with Crippen LogP contribution in [0, 0.1) is 0 Å². The van der Waals surface area contributed by atoms with Crippen LogP contribution < -0.4 is 4.90 Å². The maximum absolute atomic E-state index is 4.81. The van der Waals surface area contributed by atoms with Crippen LogP contribution in [-0.2, 0) is 0 Å². The van der Waals surface area contributed by atoms with E-state index in [0.717, 1.165) is 5.56 Å². The number of rotatable bonds is 6. The molecule has 0 spiro atoms. The lowest BCUT2D eigenvalue weighted by Crippen LogP contribution is -2.07. The van der Waals surface area contributed by atoms with Gasteiger partial charge in [0.2, 0.25) is 0 Å². The van der Waals surface area contributed by atoms with Crippen LogP contribution in [0.25, 0.3) is 6.08 Å². The molecular formula is C24H24N2. The molecule has 0 unspecified atom stereocenters. The van der Waals surface area contributed by atoms with E-state index in [4.69, 9.17) is 4.99 Å². The third-order valence-corrected chi connectivity index (χ3v) is 4.25. The minimum atomic E-state index is 0.0122. The summed E-state index contributed by atoms with van der Waals surface area (Å²) in [5.41, 5.74) is 4.75. The van der Waals surface area contributed by atoms with Gasteiger partial charge < -0.3 is 4.90 Å². The summed E-state index contributed by atoms with van der Waals surface area (Å²) >= 11 is 0. The highest BCUT2D eigenvalue weighted by Gasteiger charge is 2.10. The fourth-order valence-corrected chi connectivity index (χ4v) is 2.81. The average Bonchev–Trinajstić information content (AvgIpc) is 2.70. The molecule has 26 heavy (non-hydrogen) atoms. The second-order valence-corrected chi connectivity index (χ2v) is 6.37. The Bertz CT molecular complexity index is 808. The smallest absolute Gasteiger partial charge is 0.0999 e. The molecule has 0 aliphatic heterocycles. The first-order valence-corrected chi connectivity index (χ1v) is 8.81. The molecule has 0 bridgehead atoms. The third kappa shape index (κ3) is 4.70. The summed E-state index contributed by atoms with van der Waals surface area (Å²) in [6, 6.07) is 29.3. The summed E-state index contributed by atoms with van der Waals surface area (Å²) < 4.78 is 0. The van der Waals surface area contributed by atoms with E-state index in [1.54, 1.807) is 0 Å². The highest BCUT2D eigenvalue weighted by atomic mass is 15.1. The first-order valence-electron chi connectivity index (χ1n) is 8.81. The van der Waals surface area contributed by atoms with E-state index in [1.165, 1.54) is 16.8 Å². The van der Waals surface area contributed by atoms with Gasteiger partial charge >= 0.3 is 0 Å². The second-order valence-electron chi connectivity index (χ2n) is 6.37. The van der Waals surface area contributed by atoms with Crippen LogP contribution in [0.2, 0.25) is 0 Å². The molecule has 3 rings (SSSR count). The van der Waals surface area contributed by atoms with Crippen LogP contribution in [0.4, 0.5) is 5.69 Å². The van der Waals surface area contributed by atoms with Gasteiger partial charge in [0.15, 0.2) is 0 Å². The fourth-order valence-electron chi connectivity index (χ4n) is 2.81. The summed E-state index contributed by atoms with van der Waals surface area (Å²) in [4.78, 5) is 6.90. The summed E-state index contributed by atoms with van der Waals surface area (Å²) in [7, 11) is 4.09. The quantitative estimate of drug-likeness (QED) is 0.531. The van der Waals surface area contributed by atoms with E-state index in [1.807, 2.05) is 38.5 Å². The predicted molar refractivity (Wildman–Crippen MR) is 113 cm³/mol. The average molecular weight is 340 g/mol. The highest BCUT2D eigenvalue weighted by Crippen LogP contribution is 2.25. The number of anilines is 1. The van der Waals surface area contributed by atoms with Crippen LogP contribution in [0.15, 0.2) is 96.0 Å². The Kier molecular flexibility index (Phi) is 6.00. The van der Waals surface area contributed by atoms with E-state index in [-0.39, 0.29) is 6.04 Å². The second kappa shape index (κ2) is 8.82. The first-order chi connectivity index (χ1) is 12.7. The predicted octanol–water partition coefficient (Wildman–Crippen LogP) is 5.63. The van der Waals surface area contributed by atoms with Gasteiger partial charge in [0.25, 0.3) is 0 Å². The van der Waals surface area contributed by atoms with Gasteiger partial charge in [0, 0.05) is 26.0 Å². The third-order valence-electron chi connectivity index (χ3n) is 4.25. The standard InChI is InChI=1S/C24H24N2/c1-26(2)23-17-15-20(16-18-23)10-9-19-25-24(21-11-5-3-6-12-21)22-13-7-4-8-14-22/h3-19,24H,1-2H3/b10-9+,25-19?. The maximum Gasteiger partial charge on any atom is 0.0999 e. The van der Waals surface area contributed by atoms with Crippen LogP contribution in [0.3, 0.4) is 0 Å². The summed E-state index contributed by atoms with van der Waals surface area (Å²) in [6.07, 6.45) is 5.98. The van der Waals surface area contributed by atoms with Crippen molar-refractivity contribution in [2.24, 2.45) is 4.99 Å². The van der Waals surface area contributed by atoms with Crippen molar-refractivity contribution in [3.63, 3.8) is 0 Å². The molecule has 0 aliphatic carbocycles. The van der Waals surface area contributed by atoms with E-state index in [0.29, 0.717) is 0 Å². The molecule has 3 aromatic carbocycles. The van der Waals surface area contributed by atoms with Crippen molar-refractivity contribution in [2.45, 2.75) is 6.04 Å². The Morgan fingerprint density at radius 3 is 1.77 bits per heavy atom. The molecule has 2 heteroatoms. The molecule has 0 N–H and O–H groups in total. The molecule has 0 saturated carbocycles. The van der Waals surface area contributed by atoms with Gasteiger partial charge in [-0.05, 0) is 34.9 Å². The summed E-state index contributed by atoms with van der Waals surface area (Å²) in [6.45, 7) is 0. The molecule has 3 aromatic rings. The SMILES string of the molecule is CN(C)c1ccc(/C=C/C=NC(c2ccccc2)c2ccccc2)cc1. The molecule has 0 radical (unpaired) electrons. The largest absolute Gasteiger partial charge is 0.378 e. The van der Waals surface area contributed by atoms with E-state index in [2.05, 4.69) is 83.8 Å². The van der Waals surface area contributed by atoms with Crippen LogP contribution in [-0.4, -0.2) is 20.3 Å². The number of hydrogen-bond donors (Lipinski definition) is 0. The molecule has 0 amide bonds. The minimum absolute atomic E-state index is 0.0122. The Balaban J connectivity index is 1.76. The van der Waals surface area contributed by atoms with Gasteiger partial charge in [-0.3, -0.25) is 4.99 Å². The minimum Gasteiger partial charge on any atom is -0.378 e. The monoisotopic (exact) mass is 340 g/mol. The fraction of sp³-hybridized carbons (Fsp3) is 0.125. The number of hydrogen-bond acceptors (Lipinski definition) is 2. The molecule has 0 heterocycles. The zero-order valence-corrected chi connectivity index (χ0v) is 15.3. The van der Waals surface area contributed by atoms with Crippen molar-refractivity contribution in [3.05, 3.63) is 108 Å². The zero-order chi connectivity index (χ0) is 18.2. The molecular weight excluding hydrogens is 316 g/mol. The van der Waals surface area contributed by atoms with Gasteiger partial charge in [-0.15, -0.1) is 0 Å². The topological polar surface area (TPSA) is 15.6 Å². The van der Waals surface area contributed by atoms with Crippen LogP contribution in [0.5, 0.6) is 0 Å². The van der Waals surface area contributed by atoms with Gasteiger partial charge in [-0.1, -0.05) is 78.9 Å². The summed E-state index contributed by atoms with van der Waals surface area (Å²) in [5, 5.41) is 0. The Morgan fingerprint density at radius 1 is 0.731 bits per heavy atom. The maximum atomic E-state index is 4.81. The van der Waals surface area contributed by atoms with Crippen molar-refractivity contribution in [3.8, 4) is 0 Å². The van der Waals surface area contributed by atoms with Crippen LogP contribution in [0.1, 0.15) is 22.7 Å². The van der Waals surface area contributed by atoms with Crippen LogP contribution >= 0.6 is 0 Å². The lowest BCUT2D eigenvalue weighted by atomic mass is 9.99. The molecule has 2 nitrogen and oxygen atoms in total. The normalized spacial score (nSPS) is 11.5. The summed E-state index contributed by atoms with van der Waals surface area (Å²) in [5.74, 6) is 0. The number of aliphatic imine (C=N–C) groups is 1. The highest BCUT2D eigenvalue weighted by molar-refractivity contribution is 5.78. The van der Waals surface area contributed by atoms with Gasteiger partial charge in [0.1, 0.15) is 0 Å². The van der Waals surface area contributed by atoms with Crippen molar-refractivity contribution in [2.75, 3.05) is 19.0 Å². The number of benzene rings is 3. The Morgan fingerprint density at radius 2 is 1.27 bits per heavy atom. The van der Waals surface area contributed by atoms with E-state index >= 15 is 0 Å². The zero-order valence-electron chi connectivity index (χ0n) is 15.3. The van der Waals surface area contributed by atoms with E-state index < -0.39 is 0 Å².